The topological polar surface area (TPSA) is 37.4 Å². The summed E-state index contributed by atoms with van der Waals surface area (Å²) in [5.41, 5.74) is 2.36. The van der Waals surface area contributed by atoms with Crippen molar-refractivity contribution in [3.8, 4) is 5.75 Å². The summed E-state index contributed by atoms with van der Waals surface area (Å²) in [5, 5.41) is 4.08. The highest BCUT2D eigenvalue weighted by Crippen LogP contribution is 2.37. The van der Waals surface area contributed by atoms with Crippen LogP contribution in [0.3, 0.4) is 0 Å². The summed E-state index contributed by atoms with van der Waals surface area (Å²) < 4.78 is 6.18. The minimum atomic E-state index is -0.0157. The number of rotatable bonds is 3. The van der Waals surface area contributed by atoms with Crippen LogP contribution in [-0.2, 0) is 6.42 Å². The smallest absolute Gasteiger partial charge is 0.141 e. The van der Waals surface area contributed by atoms with Crippen molar-refractivity contribution in [3.05, 3.63) is 52.7 Å². The maximum absolute atomic E-state index is 6.24. The molecule has 1 aromatic heterocycles. The monoisotopic (exact) mass is 343 g/mol. The van der Waals surface area contributed by atoms with Crippen molar-refractivity contribution in [1.29, 1.82) is 0 Å². The lowest BCUT2D eigenvalue weighted by molar-refractivity contribution is 0.203. The molecule has 1 fully saturated rings. The molecule has 1 aliphatic carbocycles. The van der Waals surface area contributed by atoms with Gasteiger partial charge in [0.05, 0.1) is 10.7 Å². The van der Waals surface area contributed by atoms with E-state index in [0.717, 1.165) is 49.7 Å². The van der Waals surface area contributed by atoms with Crippen LogP contribution in [-0.4, -0.2) is 30.7 Å². The molecule has 1 N–H and O–H groups in total. The highest BCUT2D eigenvalue weighted by atomic mass is 35.5. The molecule has 2 atom stereocenters. The van der Waals surface area contributed by atoms with Crippen molar-refractivity contribution in [2.75, 3.05) is 24.5 Å². The van der Waals surface area contributed by atoms with Crippen LogP contribution in [0.15, 0.2) is 36.4 Å². The van der Waals surface area contributed by atoms with Crippen molar-refractivity contribution < 1.29 is 4.74 Å². The molecule has 0 spiro atoms. The van der Waals surface area contributed by atoms with Gasteiger partial charge >= 0.3 is 0 Å². The Bertz CT molecular complexity index is 736. The van der Waals surface area contributed by atoms with Crippen LogP contribution in [0.5, 0.6) is 5.75 Å². The van der Waals surface area contributed by atoms with E-state index < -0.39 is 0 Å². The van der Waals surface area contributed by atoms with E-state index in [-0.39, 0.29) is 6.10 Å². The van der Waals surface area contributed by atoms with E-state index in [0.29, 0.717) is 11.1 Å². The molecule has 0 saturated carbocycles. The molecular formula is C19H22ClN3O. The van der Waals surface area contributed by atoms with Gasteiger partial charge in [0.25, 0.3) is 0 Å². The maximum atomic E-state index is 6.24. The Morgan fingerprint density at radius 1 is 1.25 bits per heavy atom. The third-order valence-corrected chi connectivity index (χ3v) is 5.19. The molecule has 24 heavy (non-hydrogen) atoms. The fourth-order valence-electron chi connectivity index (χ4n) is 3.56. The standard InChI is InChI=1S/C19H22ClN3O/c1-13-12-21-10-11-23(13)18-9-7-14-6-8-17(19(14)22-18)24-16-5-3-2-4-15(16)20/h2-5,7,9,13,17,21H,6,8,10-12H2,1H3/t13-,17?/m1/s1. The zero-order valence-electron chi connectivity index (χ0n) is 13.8. The number of fused-ring (bicyclic) bond motifs is 1. The number of hydrogen-bond donors (Lipinski definition) is 1. The van der Waals surface area contributed by atoms with Crippen LogP contribution in [0.1, 0.15) is 30.7 Å². The molecule has 2 aromatic rings. The van der Waals surface area contributed by atoms with E-state index in [2.05, 4.69) is 29.3 Å². The summed E-state index contributed by atoms with van der Waals surface area (Å²) in [6.45, 7) is 5.22. The van der Waals surface area contributed by atoms with Crippen LogP contribution in [0.25, 0.3) is 0 Å². The molecule has 0 radical (unpaired) electrons. The number of aromatic nitrogens is 1. The van der Waals surface area contributed by atoms with Crippen LogP contribution < -0.4 is 15.0 Å². The minimum absolute atomic E-state index is 0.0157. The van der Waals surface area contributed by atoms with Gasteiger partial charge in [-0.3, -0.25) is 0 Å². The molecule has 4 nitrogen and oxygen atoms in total. The Balaban J connectivity index is 1.60. The second kappa shape index (κ2) is 6.61. The minimum Gasteiger partial charge on any atom is -0.483 e. The first kappa shape index (κ1) is 15.7. The highest BCUT2D eigenvalue weighted by molar-refractivity contribution is 6.32. The Labute approximate surface area is 147 Å². The van der Waals surface area contributed by atoms with E-state index in [1.54, 1.807) is 0 Å². The molecule has 126 valence electrons. The Morgan fingerprint density at radius 3 is 2.96 bits per heavy atom. The lowest BCUT2D eigenvalue weighted by atomic mass is 10.2. The van der Waals surface area contributed by atoms with Crippen molar-refractivity contribution >= 4 is 17.4 Å². The van der Waals surface area contributed by atoms with Gasteiger partial charge in [-0.15, -0.1) is 0 Å². The van der Waals surface area contributed by atoms with Gasteiger partial charge in [0.2, 0.25) is 0 Å². The molecule has 1 aliphatic heterocycles. The summed E-state index contributed by atoms with van der Waals surface area (Å²) >= 11 is 6.24. The van der Waals surface area contributed by atoms with E-state index in [4.69, 9.17) is 21.3 Å². The summed E-state index contributed by atoms with van der Waals surface area (Å²) in [6, 6.07) is 12.5. The van der Waals surface area contributed by atoms with E-state index in [9.17, 15) is 0 Å². The average Bonchev–Trinajstić information content (AvgIpc) is 3.00. The zero-order chi connectivity index (χ0) is 16.5. The lowest BCUT2D eigenvalue weighted by Crippen LogP contribution is -2.50. The summed E-state index contributed by atoms with van der Waals surface area (Å²) in [7, 11) is 0. The number of nitrogens with zero attached hydrogens (tertiary/aromatic N) is 2. The Hall–Kier alpha value is -1.78. The van der Waals surface area contributed by atoms with Gasteiger partial charge in [0, 0.05) is 25.7 Å². The van der Waals surface area contributed by atoms with Crippen molar-refractivity contribution in [3.63, 3.8) is 0 Å². The van der Waals surface area contributed by atoms with Crippen molar-refractivity contribution in [2.24, 2.45) is 0 Å². The molecule has 2 heterocycles. The third-order valence-electron chi connectivity index (χ3n) is 4.88. The van der Waals surface area contributed by atoms with Gasteiger partial charge < -0.3 is 15.0 Å². The first-order valence-corrected chi connectivity index (χ1v) is 8.98. The molecule has 1 aromatic carbocycles. The third kappa shape index (κ3) is 2.96. The van der Waals surface area contributed by atoms with Gasteiger partial charge in [-0.2, -0.15) is 0 Å². The largest absolute Gasteiger partial charge is 0.483 e. The van der Waals surface area contributed by atoms with Crippen LogP contribution >= 0.6 is 11.6 Å². The molecule has 5 heteroatoms. The summed E-state index contributed by atoms with van der Waals surface area (Å²) in [6.07, 6.45) is 1.95. The molecular weight excluding hydrogens is 322 g/mol. The predicted molar refractivity (Wildman–Crippen MR) is 97.1 cm³/mol. The Kier molecular flexibility index (Phi) is 4.33. The van der Waals surface area contributed by atoms with Gasteiger partial charge in [-0.1, -0.05) is 29.8 Å². The predicted octanol–water partition coefficient (Wildman–Crippen LogP) is 3.60. The maximum Gasteiger partial charge on any atom is 0.141 e. The average molecular weight is 344 g/mol. The molecule has 1 saturated heterocycles. The van der Waals surface area contributed by atoms with Crippen molar-refractivity contribution in [2.45, 2.75) is 31.9 Å². The first-order chi connectivity index (χ1) is 11.7. The molecule has 0 bridgehead atoms. The molecule has 4 rings (SSSR count). The first-order valence-electron chi connectivity index (χ1n) is 8.61. The second-order valence-corrected chi connectivity index (χ2v) is 6.94. The molecule has 0 amide bonds. The number of piperazine rings is 1. The number of anilines is 1. The highest BCUT2D eigenvalue weighted by Gasteiger charge is 2.28. The van der Waals surface area contributed by atoms with Gasteiger partial charge in [0.1, 0.15) is 17.7 Å². The van der Waals surface area contributed by atoms with E-state index >= 15 is 0 Å². The summed E-state index contributed by atoms with van der Waals surface area (Å²) in [5.74, 6) is 1.79. The van der Waals surface area contributed by atoms with E-state index in [1.165, 1.54) is 5.56 Å². The number of aryl methyl sites for hydroxylation is 1. The lowest BCUT2D eigenvalue weighted by Gasteiger charge is -2.35. The van der Waals surface area contributed by atoms with Gasteiger partial charge in [0.15, 0.2) is 0 Å². The zero-order valence-corrected chi connectivity index (χ0v) is 14.6. The van der Waals surface area contributed by atoms with Crippen LogP contribution in [0.2, 0.25) is 5.02 Å². The number of ether oxygens (including phenoxy) is 1. The second-order valence-electron chi connectivity index (χ2n) is 6.54. The molecule has 1 unspecified atom stereocenters. The van der Waals surface area contributed by atoms with Crippen LogP contribution in [0, 0.1) is 0 Å². The number of para-hydroxylation sites is 1. The SMILES string of the molecule is C[C@@H]1CNCCN1c1ccc2c(n1)C(Oc1ccccc1Cl)CC2. The molecule has 2 aliphatic rings. The fraction of sp³-hybridized carbons (Fsp3) is 0.421. The van der Waals surface area contributed by atoms with Gasteiger partial charge in [-0.25, -0.2) is 4.98 Å². The van der Waals surface area contributed by atoms with Crippen molar-refractivity contribution in [1.82, 2.24) is 10.3 Å². The van der Waals surface area contributed by atoms with E-state index in [1.807, 2.05) is 24.3 Å². The van der Waals surface area contributed by atoms with Gasteiger partial charge in [-0.05, 0) is 43.5 Å². The number of halogens is 1. The quantitative estimate of drug-likeness (QED) is 0.924. The normalized spacial score (nSPS) is 23.2. The Morgan fingerprint density at radius 2 is 2.12 bits per heavy atom. The number of hydrogen-bond acceptors (Lipinski definition) is 4. The fourth-order valence-corrected chi connectivity index (χ4v) is 3.74. The number of benzene rings is 1. The number of nitrogens with one attached hydrogen (secondary N) is 1. The van der Waals surface area contributed by atoms with Crippen LogP contribution in [0.4, 0.5) is 5.82 Å². The number of pyridine rings is 1. The summed E-state index contributed by atoms with van der Waals surface area (Å²) in [4.78, 5) is 7.34.